The maximum absolute atomic E-state index is 11.8. The molecule has 1 rings (SSSR count). The largest absolute Gasteiger partial charge is 0.380 e. The van der Waals surface area contributed by atoms with E-state index >= 15 is 0 Å². The van der Waals surface area contributed by atoms with E-state index in [1.54, 1.807) is 0 Å². The molecule has 0 aromatic rings. The van der Waals surface area contributed by atoms with Gasteiger partial charge in [0.1, 0.15) is 5.60 Å². The molecule has 1 heterocycles. The van der Waals surface area contributed by atoms with Crippen LogP contribution in [0.2, 0.25) is 0 Å². The van der Waals surface area contributed by atoms with E-state index in [-0.39, 0.29) is 11.3 Å². The van der Waals surface area contributed by atoms with Gasteiger partial charge in [0, 0.05) is 5.41 Å². The first kappa shape index (κ1) is 13.2. The summed E-state index contributed by atoms with van der Waals surface area (Å²) in [5.74, 6) is -0.913. The number of rotatable bonds is 0. The lowest BCUT2D eigenvalue weighted by Gasteiger charge is -2.40. The van der Waals surface area contributed by atoms with Crippen LogP contribution in [0, 0.1) is 10.8 Å². The number of hydrogen-bond acceptors (Lipinski definition) is 3. The third-order valence-corrected chi connectivity index (χ3v) is 3.07. The van der Waals surface area contributed by atoms with Crippen LogP contribution in [0.25, 0.3) is 0 Å². The van der Waals surface area contributed by atoms with Gasteiger partial charge in [-0.3, -0.25) is 14.9 Å². The Balaban J connectivity index is 3.09. The van der Waals surface area contributed by atoms with Crippen LogP contribution in [0.3, 0.4) is 0 Å². The molecule has 1 aliphatic heterocycles. The highest BCUT2D eigenvalue weighted by Gasteiger charge is 2.45. The van der Waals surface area contributed by atoms with Crippen LogP contribution in [-0.4, -0.2) is 22.5 Å². The first-order valence-electron chi connectivity index (χ1n) is 5.55. The van der Waals surface area contributed by atoms with Crippen molar-refractivity contribution in [3.05, 3.63) is 0 Å². The Kier molecular flexibility index (Phi) is 2.92. The fourth-order valence-electron chi connectivity index (χ4n) is 2.76. The molecule has 1 fully saturated rings. The Morgan fingerprint density at radius 3 is 2.00 bits per heavy atom. The summed E-state index contributed by atoms with van der Waals surface area (Å²) in [5, 5.41) is 12.3. The smallest absolute Gasteiger partial charge is 0.258 e. The zero-order valence-corrected chi connectivity index (χ0v) is 10.7. The molecule has 0 radical (unpaired) electrons. The summed E-state index contributed by atoms with van der Waals surface area (Å²) in [6, 6.07) is 0. The van der Waals surface area contributed by atoms with Crippen LogP contribution < -0.4 is 5.32 Å². The lowest BCUT2D eigenvalue weighted by molar-refractivity contribution is -0.152. The molecule has 2 amide bonds. The molecule has 2 N–H and O–H groups in total. The molecule has 92 valence electrons. The molecule has 4 heteroatoms. The average molecular weight is 227 g/mol. The third kappa shape index (κ3) is 2.61. The molecule has 0 spiro atoms. The molecule has 0 aromatic heterocycles. The van der Waals surface area contributed by atoms with Crippen LogP contribution in [0.4, 0.5) is 0 Å². The van der Waals surface area contributed by atoms with Crippen molar-refractivity contribution in [2.75, 3.05) is 0 Å². The normalized spacial score (nSPS) is 33.9. The molecule has 0 aliphatic carbocycles. The van der Waals surface area contributed by atoms with E-state index in [0.717, 1.165) is 0 Å². The highest BCUT2D eigenvalue weighted by atomic mass is 16.3. The standard InChI is InChI=1S/C12H21NO3/c1-10(2)6-11(3,4)8(14)13-9(15)12(5,16)7-10/h16H,6-7H2,1-5H3,(H,13,14,15). The van der Waals surface area contributed by atoms with Gasteiger partial charge >= 0.3 is 0 Å². The van der Waals surface area contributed by atoms with Crippen molar-refractivity contribution >= 4 is 11.8 Å². The van der Waals surface area contributed by atoms with Gasteiger partial charge < -0.3 is 5.11 Å². The van der Waals surface area contributed by atoms with Crippen molar-refractivity contribution < 1.29 is 14.7 Å². The lowest BCUT2D eigenvalue weighted by atomic mass is 9.68. The van der Waals surface area contributed by atoms with Crippen LogP contribution in [0.15, 0.2) is 0 Å². The summed E-state index contributed by atoms with van der Waals surface area (Å²) in [5.41, 5.74) is -2.31. The predicted molar refractivity (Wildman–Crippen MR) is 60.6 cm³/mol. The third-order valence-electron chi connectivity index (χ3n) is 3.07. The number of carbonyl (C=O) groups is 2. The van der Waals surface area contributed by atoms with Crippen LogP contribution >= 0.6 is 0 Å². The molecule has 0 saturated carbocycles. The van der Waals surface area contributed by atoms with Crippen LogP contribution in [-0.2, 0) is 9.59 Å². The number of imide groups is 1. The van der Waals surface area contributed by atoms with E-state index in [4.69, 9.17) is 0 Å². The molecule has 1 aliphatic rings. The van der Waals surface area contributed by atoms with Crippen LogP contribution in [0.5, 0.6) is 0 Å². The minimum absolute atomic E-state index is 0.250. The molecular weight excluding hydrogens is 206 g/mol. The maximum Gasteiger partial charge on any atom is 0.258 e. The van der Waals surface area contributed by atoms with Gasteiger partial charge in [0.2, 0.25) is 5.91 Å². The van der Waals surface area contributed by atoms with Crippen molar-refractivity contribution in [3.8, 4) is 0 Å². The van der Waals surface area contributed by atoms with Gasteiger partial charge in [0.05, 0.1) is 0 Å². The van der Waals surface area contributed by atoms with E-state index < -0.39 is 16.9 Å². The Morgan fingerprint density at radius 2 is 1.50 bits per heavy atom. The number of carbonyl (C=O) groups excluding carboxylic acids is 2. The summed E-state index contributed by atoms with van der Waals surface area (Å²) in [6.07, 6.45) is 0.984. The summed E-state index contributed by atoms with van der Waals surface area (Å²) >= 11 is 0. The van der Waals surface area contributed by atoms with E-state index in [9.17, 15) is 14.7 Å². The first-order chi connectivity index (χ1) is 6.96. The summed E-state index contributed by atoms with van der Waals surface area (Å²) in [6.45, 7) is 9.02. The number of hydrogen-bond donors (Lipinski definition) is 2. The SMILES string of the molecule is CC1(C)CC(C)(C)C(=O)NC(=O)C(C)(O)C1. The fourth-order valence-corrected chi connectivity index (χ4v) is 2.76. The number of nitrogens with one attached hydrogen (secondary N) is 1. The van der Waals surface area contributed by atoms with E-state index in [2.05, 4.69) is 5.32 Å². The monoisotopic (exact) mass is 227 g/mol. The predicted octanol–water partition coefficient (Wildman–Crippen LogP) is 1.23. The average Bonchev–Trinajstić information content (AvgIpc) is 1.97. The molecule has 16 heavy (non-hydrogen) atoms. The maximum atomic E-state index is 11.8. The molecular formula is C12H21NO3. The van der Waals surface area contributed by atoms with Gasteiger partial charge in [-0.25, -0.2) is 0 Å². The summed E-state index contributed by atoms with van der Waals surface area (Å²) in [4.78, 5) is 23.5. The van der Waals surface area contributed by atoms with Gasteiger partial charge in [0.15, 0.2) is 0 Å². The minimum Gasteiger partial charge on any atom is -0.380 e. The Labute approximate surface area is 96.4 Å². The molecule has 0 aromatic carbocycles. The topological polar surface area (TPSA) is 66.4 Å². The minimum atomic E-state index is -1.48. The number of aliphatic hydroxyl groups is 1. The van der Waals surface area contributed by atoms with Crippen molar-refractivity contribution in [3.63, 3.8) is 0 Å². The Morgan fingerprint density at radius 1 is 1.00 bits per heavy atom. The van der Waals surface area contributed by atoms with Crippen LogP contribution in [0.1, 0.15) is 47.5 Å². The molecule has 0 bridgehead atoms. The molecule has 1 saturated heterocycles. The van der Waals surface area contributed by atoms with Crippen molar-refractivity contribution in [2.24, 2.45) is 10.8 Å². The van der Waals surface area contributed by atoms with Crippen molar-refractivity contribution in [1.29, 1.82) is 0 Å². The van der Waals surface area contributed by atoms with E-state index in [0.29, 0.717) is 12.8 Å². The highest BCUT2D eigenvalue weighted by Crippen LogP contribution is 2.41. The van der Waals surface area contributed by atoms with Gasteiger partial charge in [-0.1, -0.05) is 27.7 Å². The summed E-state index contributed by atoms with van der Waals surface area (Å²) in [7, 11) is 0. The van der Waals surface area contributed by atoms with Gasteiger partial charge in [-0.15, -0.1) is 0 Å². The van der Waals surface area contributed by atoms with Crippen molar-refractivity contribution in [2.45, 2.75) is 53.1 Å². The Bertz CT molecular complexity index is 299. The molecule has 1 unspecified atom stereocenters. The fraction of sp³-hybridized carbons (Fsp3) is 0.833. The number of amides is 2. The molecule has 4 nitrogen and oxygen atoms in total. The van der Waals surface area contributed by atoms with E-state index in [1.807, 2.05) is 27.7 Å². The second-order valence-electron chi connectivity index (χ2n) is 6.46. The Hall–Kier alpha value is -0.900. The van der Waals surface area contributed by atoms with Gasteiger partial charge in [-0.05, 0) is 25.2 Å². The van der Waals surface area contributed by atoms with Crippen molar-refractivity contribution in [1.82, 2.24) is 5.32 Å². The summed E-state index contributed by atoms with van der Waals surface area (Å²) < 4.78 is 0. The highest BCUT2D eigenvalue weighted by molar-refractivity contribution is 6.01. The lowest BCUT2D eigenvalue weighted by Crippen LogP contribution is -2.55. The van der Waals surface area contributed by atoms with Gasteiger partial charge in [-0.2, -0.15) is 0 Å². The molecule has 1 atom stereocenters. The first-order valence-corrected chi connectivity index (χ1v) is 5.55. The quantitative estimate of drug-likeness (QED) is 0.612. The van der Waals surface area contributed by atoms with Gasteiger partial charge in [0.25, 0.3) is 5.91 Å². The second kappa shape index (κ2) is 3.55. The second-order valence-corrected chi connectivity index (χ2v) is 6.46. The zero-order valence-electron chi connectivity index (χ0n) is 10.7. The zero-order chi connectivity index (χ0) is 12.8. The van der Waals surface area contributed by atoms with E-state index in [1.165, 1.54) is 6.92 Å².